The number of nitrogens with one attached hydrogen (secondary N) is 2. The molecule has 4 nitrogen and oxygen atoms in total. The van der Waals surface area contributed by atoms with Crippen LogP contribution >= 0.6 is 0 Å². The number of carbonyl (C=O) groups is 1. The number of carbonyl (C=O) groups excluding carboxylic acids is 1. The molecule has 2 rings (SSSR count). The first-order valence-corrected chi connectivity index (χ1v) is 6.61. The van der Waals surface area contributed by atoms with Crippen LogP contribution in [0.2, 0.25) is 0 Å². The van der Waals surface area contributed by atoms with Gasteiger partial charge in [0.1, 0.15) is 0 Å². The van der Waals surface area contributed by atoms with E-state index in [1.807, 2.05) is 6.92 Å². The van der Waals surface area contributed by atoms with Crippen LogP contribution < -0.4 is 10.6 Å². The molecule has 1 aromatic rings. The Labute approximate surface area is 120 Å². The maximum atomic E-state index is 13.2. The summed E-state index contributed by atoms with van der Waals surface area (Å²) in [6.07, 6.45) is 0.689. The minimum absolute atomic E-state index is 0.148. The predicted octanol–water partition coefficient (Wildman–Crippen LogP) is 2.64. The molecule has 0 aliphatic carbocycles. The third kappa shape index (κ3) is 3.66. The number of halogens is 3. The molecule has 1 aliphatic heterocycles. The van der Waals surface area contributed by atoms with Gasteiger partial charge in [-0.15, -0.1) is 0 Å². The first kappa shape index (κ1) is 15.6. The smallest absolute Gasteiger partial charge is 0.315 e. The summed E-state index contributed by atoms with van der Waals surface area (Å²) in [4.78, 5) is 11.9. The highest BCUT2D eigenvalue weighted by Crippen LogP contribution is 2.20. The summed E-state index contributed by atoms with van der Waals surface area (Å²) >= 11 is 0. The molecule has 1 aliphatic rings. The summed E-state index contributed by atoms with van der Waals surface area (Å²) in [5.41, 5.74) is -0.308. The summed E-state index contributed by atoms with van der Waals surface area (Å²) in [6, 6.07) is 0.592. The molecule has 1 saturated heterocycles. The molecule has 0 spiro atoms. The molecule has 116 valence electrons. The molecule has 2 N–H and O–H groups in total. The van der Waals surface area contributed by atoms with Crippen LogP contribution in [0, 0.1) is 17.5 Å². The minimum Gasteiger partial charge on any atom is -0.379 e. The lowest BCUT2D eigenvalue weighted by Gasteiger charge is -2.25. The maximum Gasteiger partial charge on any atom is 0.315 e. The van der Waals surface area contributed by atoms with Crippen LogP contribution in [0.3, 0.4) is 0 Å². The van der Waals surface area contributed by atoms with Crippen molar-refractivity contribution in [2.45, 2.75) is 31.8 Å². The fourth-order valence-corrected chi connectivity index (χ4v) is 2.18. The lowest BCUT2D eigenvalue weighted by Crippen LogP contribution is -2.51. The third-order valence-corrected chi connectivity index (χ3v) is 3.49. The van der Waals surface area contributed by atoms with E-state index in [4.69, 9.17) is 4.74 Å². The third-order valence-electron chi connectivity index (χ3n) is 3.49. The molecule has 0 unspecified atom stereocenters. The Balaban J connectivity index is 2.00. The second kappa shape index (κ2) is 5.93. The number of hydrogen-bond acceptors (Lipinski definition) is 2. The van der Waals surface area contributed by atoms with E-state index in [1.165, 1.54) is 0 Å². The monoisotopic (exact) mass is 302 g/mol. The Morgan fingerprint density at radius 1 is 1.33 bits per heavy atom. The molecule has 1 heterocycles. The van der Waals surface area contributed by atoms with Crippen LogP contribution in [0.25, 0.3) is 0 Å². The maximum absolute atomic E-state index is 13.2. The van der Waals surface area contributed by atoms with Crippen molar-refractivity contribution < 1.29 is 22.7 Å². The SMILES string of the molecule is C[C@@H](NC(=O)N[C@@]1(C)CCOC1)c1cc(F)c(F)c(F)c1. The van der Waals surface area contributed by atoms with Crippen molar-refractivity contribution in [1.82, 2.24) is 10.6 Å². The van der Waals surface area contributed by atoms with Gasteiger partial charge in [0.2, 0.25) is 0 Å². The predicted molar refractivity (Wildman–Crippen MR) is 70.2 cm³/mol. The van der Waals surface area contributed by atoms with Gasteiger partial charge in [0.15, 0.2) is 17.5 Å². The van der Waals surface area contributed by atoms with E-state index >= 15 is 0 Å². The Morgan fingerprint density at radius 2 is 1.95 bits per heavy atom. The normalized spacial score (nSPS) is 22.9. The summed E-state index contributed by atoms with van der Waals surface area (Å²) < 4.78 is 44.4. The molecule has 0 aromatic heterocycles. The molecule has 1 aromatic carbocycles. The topological polar surface area (TPSA) is 50.4 Å². The van der Waals surface area contributed by atoms with E-state index in [0.717, 1.165) is 12.1 Å². The second-order valence-corrected chi connectivity index (χ2v) is 5.48. The summed E-state index contributed by atoms with van der Waals surface area (Å²) in [5, 5.41) is 5.32. The zero-order valence-electron chi connectivity index (χ0n) is 11.8. The average molecular weight is 302 g/mol. The zero-order chi connectivity index (χ0) is 15.6. The van der Waals surface area contributed by atoms with Crippen LogP contribution in [0.1, 0.15) is 31.9 Å². The molecule has 0 bridgehead atoms. The van der Waals surface area contributed by atoms with E-state index < -0.39 is 35.1 Å². The Morgan fingerprint density at radius 3 is 2.48 bits per heavy atom. The number of hydrogen-bond donors (Lipinski definition) is 2. The van der Waals surface area contributed by atoms with Crippen molar-refractivity contribution >= 4 is 6.03 Å². The zero-order valence-corrected chi connectivity index (χ0v) is 11.8. The van der Waals surface area contributed by atoms with E-state index in [2.05, 4.69) is 10.6 Å². The number of urea groups is 1. The minimum atomic E-state index is -1.52. The molecule has 0 saturated carbocycles. The summed E-state index contributed by atoms with van der Waals surface area (Å²) in [7, 11) is 0. The number of ether oxygens (including phenoxy) is 1. The van der Waals surface area contributed by atoms with Crippen molar-refractivity contribution in [2.75, 3.05) is 13.2 Å². The van der Waals surface area contributed by atoms with Gasteiger partial charge in [0.05, 0.1) is 18.2 Å². The van der Waals surface area contributed by atoms with Gasteiger partial charge in [0.25, 0.3) is 0 Å². The lowest BCUT2D eigenvalue weighted by molar-refractivity contribution is 0.170. The van der Waals surface area contributed by atoms with Crippen LogP contribution in [0.4, 0.5) is 18.0 Å². The first-order chi connectivity index (χ1) is 9.81. The largest absolute Gasteiger partial charge is 0.379 e. The van der Waals surface area contributed by atoms with E-state index in [0.29, 0.717) is 19.6 Å². The van der Waals surface area contributed by atoms with Gasteiger partial charge in [-0.2, -0.15) is 0 Å². The highest BCUT2D eigenvalue weighted by atomic mass is 19.2. The summed E-state index contributed by atoms with van der Waals surface area (Å²) in [5.74, 6) is -4.09. The summed E-state index contributed by atoms with van der Waals surface area (Å²) in [6.45, 7) is 4.38. The number of amides is 2. The molecule has 2 atom stereocenters. The van der Waals surface area contributed by atoms with Crippen molar-refractivity contribution in [3.8, 4) is 0 Å². The standard InChI is InChI=1S/C14H17F3N2O2/c1-8(9-5-10(15)12(17)11(16)6-9)18-13(20)19-14(2)3-4-21-7-14/h5-6,8H,3-4,7H2,1-2H3,(H2,18,19,20)/t8-,14+/m1/s1. The van der Waals surface area contributed by atoms with Crippen molar-refractivity contribution in [1.29, 1.82) is 0 Å². The molecule has 21 heavy (non-hydrogen) atoms. The van der Waals surface area contributed by atoms with Gasteiger partial charge in [-0.05, 0) is 38.0 Å². The van der Waals surface area contributed by atoms with Gasteiger partial charge in [-0.25, -0.2) is 18.0 Å². The van der Waals surface area contributed by atoms with Crippen molar-refractivity contribution in [3.05, 3.63) is 35.1 Å². The van der Waals surface area contributed by atoms with Crippen molar-refractivity contribution in [3.63, 3.8) is 0 Å². The lowest BCUT2D eigenvalue weighted by atomic mass is 10.0. The quantitative estimate of drug-likeness (QED) is 0.843. The molecule has 1 fully saturated rings. The van der Waals surface area contributed by atoms with Crippen molar-refractivity contribution in [2.24, 2.45) is 0 Å². The average Bonchev–Trinajstić information content (AvgIpc) is 2.81. The second-order valence-electron chi connectivity index (χ2n) is 5.48. The van der Waals surface area contributed by atoms with Gasteiger partial charge in [-0.1, -0.05) is 0 Å². The van der Waals surface area contributed by atoms with Gasteiger partial charge in [-0.3, -0.25) is 0 Å². The number of rotatable bonds is 3. The molecule has 2 amide bonds. The highest BCUT2D eigenvalue weighted by molar-refractivity contribution is 5.75. The fraction of sp³-hybridized carbons (Fsp3) is 0.500. The Bertz CT molecular complexity index is 522. The number of benzene rings is 1. The molecular weight excluding hydrogens is 285 g/mol. The van der Waals surface area contributed by atoms with Crippen LogP contribution in [-0.2, 0) is 4.74 Å². The molecule has 7 heteroatoms. The van der Waals surface area contributed by atoms with E-state index in [-0.39, 0.29) is 5.56 Å². The molecule has 0 radical (unpaired) electrons. The van der Waals surface area contributed by atoms with Gasteiger partial charge < -0.3 is 15.4 Å². The van der Waals surface area contributed by atoms with Crippen LogP contribution in [0.5, 0.6) is 0 Å². The first-order valence-electron chi connectivity index (χ1n) is 6.61. The van der Waals surface area contributed by atoms with Crippen LogP contribution in [-0.4, -0.2) is 24.8 Å². The Hall–Kier alpha value is -1.76. The van der Waals surface area contributed by atoms with E-state index in [1.54, 1.807) is 6.92 Å². The Kier molecular flexibility index (Phi) is 4.41. The van der Waals surface area contributed by atoms with Crippen LogP contribution in [0.15, 0.2) is 12.1 Å². The van der Waals surface area contributed by atoms with E-state index in [9.17, 15) is 18.0 Å². The van der Waals surface area contributed by atoms with Gasteiger partial charge >= 0.3 is 6.03 Å². The highest BCUT2D eigenvalue weighted by Gasteiger charge is 2.31. The fourth-order valence-electron chi connectivity index (χ4n) is 2.18. The van der Waals surface area contributed by atoms with Gasteiger partial charge in [0, 0.05) is 6.61 Å². The molecular formula is C14H17F3N2O2.